The number of likely N-dealkylation sites (N-methyl/N-ethyl adjacent to an activating group) is 1. The monoisotopic (exact) mass is 749 g/mol. The molecule has 1 rings (SSSR count). The molecule has 0 fully saturated rings. The molecule has 1 aliphatic rings. The summed E-state index contributed by atoms with van der Waals surface area (Å²) in [6.45, 7) is 28.7. The largest absolute Gasteiger partial charge is 0.393 e. The first-order chi connectivity index (χ1) is 25.4. The molecular formula is C46H76F4N2O. The van der Waals surface area contributed by atoms with Crippen LogP contribution in [-0.2, 0) is 4.79 Å². The number of rotatable bonds is 21. The van der Waals surface area contributed by atoms with Crippen molar-refractivity contribution in [2.75, 3.05) is 26.7 Å². The smallest absolute Gasteiger partial charge is 0.316 e. The van der Waals surface area contributed by atoms with E-state index in [9.17, 15) is 22.4 Å². The highest BCUT2D eigenvalue weighted by Gasteiger charge is 2.32. The van der Waals surface area contributed by atoms with Crippen molar-refractivity contribution < 1.29 is 22.4 Å². The highest BCUT2D eigenvalue weighted by Crippen LogP contribution is 2.38. The summed E-state index contributed by atoms with van der Waals surface area (Å²) in [7, 11) is 1.77. The number of carbonyl (C=O) groups is 1. The lowest BCUT2D eigenvalue weighted by Crippen LogP contribution is -2.14. The van der Waals surface area contributed by atoms with E-state index in [1.54, 1.807) is 56.5 Å². The SMILES string of the molecule is C=CC(=C\C=C\CCCNC/C=C/C(C)=O)/C(C(/C=C\CNC)=C/C(C)C(=C)F)=C(/CC(F)(F)F)C1=CCCC=C1.CC.CC.CC.CCCCCC. The molecule has 3 nitrogen and oxygen atoms in total. The van der Waals surface area contributed by atoms with Crippen molar-refractivity contribution in [3.63, 3.8) is 0 Å². The lowest BCUT2D eigenvalue weighted by molar-refractivity contribution is -0.126. The van der Waals surface area contributed by atoms with Gasteiger partial charge in [0.2, 0.25) is 0 Å². The number of allylic oxidation sites excluding steroid dienone is 16. The summed E-state index contributed by atoms with van der Waals surface area (Å²) in [5.74, 6) is -1.28. The number of hydrogen-bond acceptors (Lipinski definition) is 3. The van der Waals surface area contributed by atoms with Crippen LogP contribution in [-0.4, -0.2) is 38.6 Å². The Morgan fingerprint density at radius 2 is 1.53 bits per heavy atom. The summed E-state index contributed by atoms with van der Waals surface area (Å²) in [6.07, 6.45) is 23.8. The Kier molecular flexibility index (Phi) is 42.5. The van der Waals surface area contributed by atoms with Crippen molar-refractivity contribution in [3.05, 3.63) is 120 Å². The van der Waals surface area contributed by atoms with Crippen LogP contribution < -0.4 is 10.6 Å². The predicted molar refractivity (Wildman–Crippen MR) is 228 cm³/mol. The van der Waals surface area contributed by atoms with Gasteiger partial charge in [-0.15, -0.1) is 0 Å². The lowest BCUT2D eigenvalue weighted by atomic mass is 9.84. The summed E-state index contributed by atoms with van der Waals surface area (Å²) < 4.78 is 56.1. The van der Waals surface area contributed by atoms with Gasteiger partial charge in [-0.05, 0) is 80.1 Å². The molecule has 0 aliphatic heterocycles. The van der Waals surface area contributed by atoms with Gasteiger partial charge in [-0.2, -0.15) is 13.2 Å². The number of halogens is 4. The average Bonchev–Trinajstić information content (AvgIpc) is 3.15. The molecule has 1 aliphatic carbocycles. The first kappa shape index (κ1) is 56.4. The van der Waals surface area contributed by atoms with Crippen molar-refractivity contribution >= 4 is 5.78 Å². The van der Waals surface area contributed by atoms with E-state index in [0.717, 1.165) is 25.8 Å². The van der Waals surface area contributed by atoms with Gasteiger partial charge in [0, 0.05) is 19.0 Å². The minimum absolute atomic E-state index is 0.00163. The van der Waals surface area contributed by atoms with Gasteiger partial charge in [0.1, 0.15) is 0 Å². The summed E-state index contributed by atoms with van der Waals surface area (Å²) in [4.78, 5) is 10.9. The molecule has 0 aromatic heterocycles. The maximum atomic E-state index is 14.1. The molecule has 0 saturated heterocycles. The fraction of sp³-hybridized carbons (Fsp3) is 0.543. The fourth-order valence-electron chi connectivity index (χ4n) is 4.55. The van der Waals surface area contributed by atoms with E-state index in [-0.39, 0.29) is 11.4 Å². The van der Waals surface area contributed by atoms with Crippen LogP contribution in [0, 0.1) is 5.92 Å². The zero-order valence-electron chi connectivity index (χ0n) is 35.3. The van der Waals surface area contributed by atoms with E-state index < -0.39 is 24.3 Å². The molecule has 0 bridgehead atoms. The minimum Gasteiger partial charge on any atom is -0.316 e. The summed E-state index contributed by atoms with van der Waals surface area (Å²) in [6, 6.07) is 0. The fourth-order valence-corrected chi connectivity index (χ4v) is 4.55. The lowest BCUT2D eigenvalue weighted by Gasteiger charge is -2.22. The van der Waals surface area contributed by atoms with Crippen molar-refractivity contribution in [1.29, 1.82) is 0 Å². The Labute approximate surface area is 323 Å². The molecular weight excluding hydrogens is 673 g/mol. The highest BCUT2D eigenvalue weighted by molar-refractivity contribution is 5.87. The van der Waals surface area contributed by atoms with Crippen LogP contribution in [0.5, 0.6) is 0 Å². The van der Waals surface area contributed by atoms with Gasteiger partial charge in [0.05, 0.1) is 12.2 Å². The molecule has 0 radical (unpaired) electrons. The number of ketones is 1. The Hall–Kier alpha value is -3.29. The van der Waals surface area contributed by atoms with Gasteiger partial charge < -0.3 is 10.6 Å². The van der Waals surface area contributed by atoms with Gasteiger partial charge >= 0.3 is 6.18 Å². The van der Waals surface area contributed by atoms with Crippen LogP contribution in [0.2, 0.25) is 0 Å². The maximum Gasteiger partial charge on any atom is 0.393 e. The second-order valence-electron chi connectivity index (χ2n) is 11.4. The third kappa shape index (κ3) is 33.0. The number of carbonyl (C=O) groups excluding carboxylic acids is 1. The molecule has 53 heavy (non-hydrogen) atoms. The quantitative estimate of drug-likeness (QED) is 0.0531. The highest BCUT2D eigenvalue weighted by atomic mass is 19.4. The van der Waals surface area contributed by atoms with Gasteiger partial charge in [0.25, 0.3) is 0 Å². The molecule has 0 aromatic rings. The summed E-state index contributed by atoms with van der Waals surface area (Å²) in [5.41, 5.74) is 1.95. The Bertz CT molecular complexity index is 1190. The Morgan fingerprint density at radius 3 is 2.00 bits per heavy atom. The molecule has 0 heterocycles. The van der Waals surface area contributed by atoms with Crippen LogP contribution in [0.25, 0.3) is 0 Å². The second-order valence-corrected chi connectivity index (χ2v) is 11.4. The van der Waals surface area contributed by atoms with Gasteiger partial charge in [-0.1, -0.05) is 168 Å². The first-order valence-corrected chi connectivity index (χ1v) is 19.8. The first-order valence-electron chi connectivity index (χ1n) is 19.8. The number of nitrogens with one attached hydrogen (secondary N) is 2. The van der Waals surface area contributed by atoms with E-state index >= 15 is 0 Å². The molecule has 7 heteroatoms. The average molecular weight is 749 g/mol. The Morgan fingerprint density at radius 1 is 0.925 bits per heavy atom. The van der Waals surface area contributed by atoms with Crippen LogP contribution in [0.15, 0.2) is 120 Å². The normalized spacial score (nSPS) is 14.1. The molecule has 2 N–H and O–H groups in total. The molecule has 0 amide bonds. The summed E-state index contributed by atoms with van der Waals surface area (Å²) in [5, 5.41) is 6.21. The number of unbranched alkanes of at least 4 members (excludes halogenated alkanes) is 4. The van der Waals surface area contributed by atoms with Crippen LogP contribution >= 0.6 is 0 Å². The van der Waals surface area contributed by atoms with E-state index in [0.29, 0.717) is 41.8 Å². The molecule has 0 aromatic carbocycles. The zero-order valence-corrected chi connectivity index (χ0v) is 35.3. The van der Waals surface area contributed by atoms with Crippen LogP contribution in [0.4, 0.5) is 17.6 Å². The van der Waals surface area contributed by atoms with Crippen molar-refractivity contribution in [1.82, 2.24) is 10.6 Å². The van der Waals surface area contributed by atoms with Crippen molar-refractivity contribution in [2.24, 2.45) is 5.92 Å². The third-order valence-electron chi connectivity index (χ3n) is 7.07. The molecule has 1 unspecified atom stereocenters. The van der Waals surface area contributed by atoms with E-state index in [4.69, 9.17) is 0 Å². The van der Waals surface area contributed by atoms with Gasteiger partial charge in [0.15, 0.2) is 5.78 Å². The zero-order chi connectivity index (χ0) is 41.5. The molecule has 0 spiro atoms. The van der Waals surface area contributed by atoms with Crippen LogP contribution in [0.1, 0.15) is 127 Å². The molecule has 1 atom stereocenters. The number of hydrogen-bond donors (Lipinski definition) is 2. The topological polar surface area (TPSA) is 41.1 Å². The van der Waals surface area contributed by atoms with Crippen molar-refractivity contribution in [2.45, 2.75) is 133 Å². The molecule has 304 valence electrons. The predicted octanol–water partition coefficient (Wildman–Crippen LogP) is 14.2. The minimum atomic E-state index is -4.46. The second kappa shape index (κ2) is 39.9. The molecule has 0 saturated carbocycles. The van der Waals surface area contributed by atoms with E-state index in [1.165, 1.54) is 38.7 Å². The third-order valence-corrected chi connectivity index (χ3v) is 7.07. The number of alkyl halides is 3. The van der Waals surface area contributed by atoms with Gasteiger partial charge in [-0.25, -0.2) is 4.39 Å². The van der Waals surface area contributed by atoms with Crippen molar-refractivity contribution in [3.8, 4) is 0 Å². The Balaban J connectivity index is -0.000000878. The van der Waals surface area contributed by atoms with Gasteiger partial charge in [-0.3, -0.25) is 4.79 Å². The standard InChI is InChI=1S/C34H44F4N2O.C6H14.3C2H6/c1-6-29(17-10-7-8-13-22-40-23-14-16-27(3)41)33(31(20-15-21-39-5)24-26(2)28(4)35)32(25-34(36,37)38)30-18-11-9-12-19-30;1-3-5-6-4-2;3*1-2/h6-7,10-11,14-20,24,26,39-40H,1,4,8-9,12-13,21-23,25H2,2-3,5H3;3-6H2,1-2H3;3*1-2H3/b10-7+,16-14+,20-15-,29-17+,31-24+,33-32+;;;;. The maximum absolute atomic E-state index is 14.1. The van der Waals surface area contributed by atoms with E-state index in [1.807, 2.05) is 65.8 Å². The van der Waals surface area contributed by atoms with E-state index in [2.05, 4.69) is 37.6 Å². The van der Waals surface area contributed by atoms with Crippen LogP contribution in [0.3, 0.4) is 0 Å². The summed E-state index contributed by atoms with van der Waals surface area (Å²) >= 11 is 0.